The molecule has 5 rings (SSSR count). The molecule has 0 radical (unpaired) electrons. The molecule has 1 amide bonds. The van der Waals surface area contributed by atoms with Crippen LogP contribution in [0.1, 0.15) is 34.2 Å². The predicted octanol–water partition coefficient (Wildman–Crippen LogP) is 3.24. The Labute approximate surface area is 167 Å². The van der Waals surface area contributed by atoms with Crippen LogP contribution in [0, 0.1) is 17.2 Å². The van der Waals surface area contributed by atoms with Gasteiger partial charge in [0.15, 0.2) is 5.76 Å². The number of nitriles is 1. The molecule has 2 aromatic heterocycles. The van der Waals surface area contributed by atoms with E-state index >= 15 is 0 Å². The summed E-state index contributed by atoms with van der Waals surface area (Å²) in [5.74, 6) is 0.538. The number of pyridine rings is 1. The normalized spacial score (nSPS) is 20.0. The Kier molecular flexibility index (Phi) is 4.09. The highest BCUT2D eigenvalue weighted by Gasteiger charge is 2.38. The molecule has 3 aromatic rings. The molecule has 4 heterocycles. The molecule has 0 saturated carbocycles. The fourth-order valence-electron chi connectivity index (χ4n) is 4.74. The number of aromatic nitrogens is 1. The maximum absolute atomic E-state index is 12.8. The Morgan fingerprint density at radius 3 is 2.79 bits per heavy atom. The van der Waals surface area contributed by atoms with E-state index in [1.165, 1.54) is 6.26 Å². The maximum Gasteiger partial charge on any atom is 0.289 e. The molecule has 1 fully saturated rings. The highest BCUT2D eigenvalue weighted by Crippen LogP contribution is 2.40. The van der Waals surface area contributed by atoms with Gasteiger partial charge in [0, 0.05) is 42.9 Å². The smallest absolute Gasteiger partial charge is 0.289 e. The molecule has 0 aliphatic carbocycles. The van der Waals surface area contributed by atoms with E-state index in [9.17, 15) is 14.9 Å². The summed E-state index contributed by atoms with van der Waals surface area (Å²) in [6.07, 6.45) is 2.45. The molecule has 2 aliphatic heterocycles. The van der Waals surface area contributed by atoms with Gasteiger partial charge >= 0.3 is 0 Å². The highest BCUT2D eigenvalue weighted by molar-refractivity contribution is 5.91. The topological polar surface area (TPSA) is 79.2 Å². The summed E-state index contributed by atoms with van der Waals surface area (Å²) in [5, 5.41) is 9.26. The van der Waals surface area contributed by atoms with Gasteiger partial charge in [0.1, 0.15) is 0 Å². The van der Waals surface area contributed by atoms with Crippen molar-refractivity contribution in [3.63, 3.8) is 0 Å². The minimum absolute atomic E-state index is 0.0132. The zero-order valence-corrected chi connectivity index (χ0v) is 15.7. The van der Waals surface area contributed by atoms with E-state index < -0.39 is 0 Å². The summed E-state index contributed by atoms with van der Waals surface area (Å²) in [7, 11) is 0. The molecular weight excluding hydrogens is 366 g/mol. The number of piperidine rings is 1. The second kappa shape index (κ2) is 6.78. The molecule has 2 atom stereocenters. The fraction of sp³-hybridized carbons (Fsp3) is 0.261. The van der Waals surface area contributed by atoms with Crippen LogP contribution in [0.5, 0.6) is 0 Å². The quantitative estimate of drug-likeness (QED) is 0.678. The van der Waals surface area contributed by atoms with E-state index in [1.807, 2.05) is 33.7 Å². The van der Waals surface area contributed by atoms with Crippen molar-refractivity contribution in [3.8, 4) is 17.2 Å². The predicted molar refractivity (Wildman–Crippen MR) is 106 cm³/mol. The Morgan fingerprint density at radius 1 is 1.10 bits per heavy atom. The third-order valence-electron chi connectivity index (χ3n) is 5.91. The van der Waals surface area contributed by atoms with E-state index in [2.05, 4.69) is 6.07 Å². The number of carbonyl (C=O) groups is 1. The number of furan rings is 1. The van der Waals surface area contributed by atoms with Gasteiger partial charge in [-0.2, -0.15) is 5.26 Å². The lowest BCUT2D eigenvalue weighted by molar-refractivity contribution is 0.0564. The van der Waals surface area contributed by atoms with Gasteiger partial charge < -0.3 is 13.9 Å². The lowest BCUT2D eigenvalue weighted by atomic mass is 9.80. The van der Waals surface area contributed by atoms with E-state index in [0.717, 1.165) is 23.2 Å². The zero-order valence-electron chi connectivity index (χ0n) is 15.7. The molecule has 1 aromatic carbocycles. The number of carbonyl (C=O) groups excluding carboxylic acids is 1. The fourth-order valence-corrected chi connectivity index (χ4v) is 4.74. The number of hydrogen-bond acceptors (Lipinski definition) is 4. The van der Waals surface area contributed by atoms with Crippen molar-refractivity contribution >= 4 is 5.91 Å². The Balaban J connectivity index is 1.58. The Hall–Kier alpha value is -3.59. The summed E-state index contributed by atoms with van der Waals surface area (Å²) >= 11 is 0. The second-order valence-corrected chi connectivity index (χ2v) is 7.76. The van der Waals surface area contributed by atoms with Gasteiger partial charge in [-0.25, -0.2) is 0 Å². The third-order valence-corrected chi connectivity index (χ3v) is 5.91. The number of rotatable bonds is 2. The van der Waals surface area contributed by atoms with Gasteiger partial charge in [-0.3, -0.25) is 9.59 Å². The van der Waals surface area contributed by atoms with Gasteiger partial charge in [-0.1, -0.05) is 12.1 Å². The average molecular weight is 385 g/mol. The maximum atomic E-state index is 12.8. The van der Waals surface area contributed by atoms with Gasteiger partial charge in [-0.05, 0) is 48.2 Å². The summed E-state index contributed by atoms with van der Waals surface area (Å²) in [4.78, 5) is 27.3. The van der Waals surface area contributed by atoms with Crippen LogP contribution in [0.25, 0.3) is 11.1 Å². The van der Waals surface area contributed by atoms with Crippen molar-refractivity contribution in [1.29, 1.82) is 5.26 Å². The highest BCUT2D eigenvalue weighted by atomic mass is 16.3. The molecule has 0 unspecified atom stereocenters. The molecule has 6 nitrogen and oxygen atoms in total. The SMILES string of the molecule is N#Cc1cccc(-c2ccc(=O)n3c2[C@@H]2C[C@@H](CN(C(=O)c4ccco4)C2)C3)c1. The monoisotopic (exact) mass is 385 g/mol. The third kappa shape index (κ3) is 2.95. The van der Waals surface area contributed by atoms with Crippen LogP contribution in [-0.2, 0) is 6.54 Å². The van der Waals surface area contributed by atoms with Crippen LogP contribution in [0.3, 0.4) is 0 Å². The van der Waals surface area contributed by atoms with E-state index in [0.29, 0.717) is 31.0 Å². The Bertz CT molecular complexity index is 1190. The van der Waals surface area contributed by atoms with E-state index in [4.69, 9.17) is 4.42 Å². The first kappa shape index (κ1) is 17.5. The summed E-state index contributed by atoms with van der Waals surface area (Å²) in [5.41, 5.74) is 3.40. The molecule has 2 aliphatic rings. The standard InChI is InChI=1S/C23H19N3O3/c24-11-15-3-1-4-17(9-15)19-6-7-21(27)26-13-16-10-18(22(19)26)14-25(12-16)23(28)20-5-2-8-29-20/h1-9,16,18H,10,12-14H2/t16-,18+/m0/s1. The van der Waals surface area contributed by atoms with Crippen molar-refractivity contribution in [1.82, 2.24) is 9.47 Å². The van der Waals surface area contributed by atoms with Crippen molar-refractivity contribution < 1.29 is 9.21 Å². The number of hydrogen-bond donors (Lipinski definition) is 0. The largest absolute Gasteiger partial charge is 0.459 e. The molecule has 0 spiro atoms. The van der Waals surface area contributed by atoms with Gasteiger partial charge in [0.25, 0.3) is 11.5 Å². The van der Waals surface area contributed by atoms with Crippen LogP contribution >= 0.6 is 0 Å². The van der Waals surface area contributed by atoms with Crippen molar-refractivity contribution in [3.05, 3.63) is 82.2 Å². The van der Waals surface area contributed by atoms with Crippen LogP contribution in [0.2, 0.25) is 0 Å². The molecule has 0 N–H and O–H groups in total. The first-order valence-corrected chi connectivity index (χ1v) is 9.71. The first-order chi connectivity index (χ1) is 14.1. The van der Waals surface area contributed by atoms with Gasteiger partial charge in [-0.15, -0.1) is 0 Å². The summed E-state index contributed by atoms with van der Waals surface area (Å²) < 4.78 is 7.16. The average Bonchev–Trinajstić information content (AvgIpc) is 3.29. The van der Waals surface area contributed by atoms with Crippen molar-refractivity contribution in [2.45, 2.75) is 18.9 Å². The molecule has 29 heavy (non-hydrogen) atoms. The molecule has 144 valence electrons. The van der Waals surface area contributed by atoms with Gasteiger partial charge in [0.2, 0.25) is 0 Å². The van der Waals surface area contributed by atoms with Crippen LogP contribution in [-0.4, -0.2) is 28.5 Å². The minimum Gasteiger partial charge on any atom is -0.459 e. The molecule has 1 saturated heterocycles. The summed E-state index contributed by atoms with van der Waals surface area (Å²) in [6, 6.07) is 16.5. The minimum atomic E-state index is -0.107. The summed E-state index contributed by atoms with van der Waals surface area (Å²) in [6.45, 7) is 1.76. The van der Waals surface area contributed by atoms with Crippen LogP contribution < -0.4 is 5.56 Å². The number of amides is 1. The number of fused-ring (bicyclic) bond motifs is 4. The lowest BCUT2D eigenvalue weighted by Crippen LogP contribution is -2.49. The second-order valence-electron chi connectivity index (χ2n) is 7.76. The Morgan fingerprint density at radius 2 is 2.00 bits per heavy atom. The van der Waals surface area contributed by atoms with E-state index in [-0.39, 0.29) is 23.3 Å². The van der Waals surface area contributed by atoms with Crippen LogP contribution in [0.15, 0.2) is 64.0 Å². The number of nitrogens with zero attached hydrogens (tertiary/aromatic N) is 3. The van der Waals surface area contributed by atoms with Crippen LogP contribution in [0.4, 0.5) is 0 Å². The number of benzene rings is 1. The molecular formula is C23H19N3O3. The van der Waals surface area contributed by atoms with E-state index in [1.54, 1.807) is 24.3 Å². The van der Waals surface area contributed by atoms with Crippen molar-refractivity contribution in [2.75, 3.05) is 13.1 Å². The molecule has 6 heteroatoms. The zero-order chi connectivity index (χ0) is 20.0. The lowest BCUT2D eigenvalue weighted by Gasteiger charge is -2.43. The van der Waals surface area contributed by atoms with Gasteiger partial charge in [0.05, 0.1) is 17.9 Å². The first-order valence-electron chi connectivity index (χ1n) is 9.71. The van der Waals surface area contributed by atoms with Crippen molar-refractivity contribution in [2.24, 2.45) is 5.92 Å². The molecule has 2 bridgehead atoms. The number of likely N-dealkylation sites (tertiary alicyclic amines) is 1.